The third-order valence-electron chi connectivity index (χ3n) is 4.85. The van der Waals surface area contributed by atoms with Gasteiger partial charge in [0.1, 0.15) is 24.5 Å². The summed E-state index contributed by atoms with van der Waals surface area (Å²) in [6.45, 7) is -0.709. The van der Waals surface area contributed by atoms with Crippen molar-refractivity contribution in [1.82, 2.24) is 4.90 Å². The van der Waals surface area contributed by atoms with Gasteiger partial charge in [0.25, 0.3) is 5.91 Å². The highest BCUT2D eigenvalue weighted by molar-refractivity contribution is 6.11. The Morgan fingerprint density at radius 3 is 2.70 bits per heavy atom. The summed E-state index contributed by atoms with van der Waals surface area (Å²) >= 11 is 0. The van der Waals surface area contributed by atoms with Crippen LogP contribution in [0.25, 0.3) is 11.0 Å². The molecule has 0 saturated heterocycles. The van der Waals surface area contributed by atoms with E-state index < -0.39 is 30.0 Å². The van der Waals surface area contributed by atoms with E-state index in [-0.39, 0.29) is 13.0 Å². The number of carbonyl (C=O) groups excluding carboxylic acids is 3. The Kier molecular flexibility index (Phi) is 5.05. The normalized spacial score (nSPS) is 13.3. The smallest absolute Gasteiger partial charge is 0.336 e. The Bertz CT molecular complexity index is 1230. The number of hydrogen-bond acceptors (Lipinski definition) is 7. The number of amides is 2. The Labute approximate surface area is 170 Å². The first kappa shape index (κ1) is 19.4. The average Bonchev–Trinajstić information content (AvgIpc) is 2.74. The molecule has 1 aromatic heterocycles. The Morgan fingerprint density at radius 1 is 1.10 bits per heavy atom. The SMILES string of the molecule is COc1ccc2c(COC(=O)CN3C(=O)Cc4ccccc4C3=O)cc(=O)oc2c1. The van der Waals surface area contributed by atoms with Crippen molar-refractivity contribution in [1.29, 1.82) is 0 Å². The number of rotatable bonds is 5. The Morgan fingerprint density at radius 2 is 1.90 bits per heavy atom. The van der Waals surface area contributed by atoms with Gasteiger partial charge in [-0.05, 0) is 23.8 Å². The summed E-state index contributed by atoms with van der Waals surface area (Å²) in [4.78, 5) is 49.9. The van der Waals surface area contributed by atoms with Gasteiger partial charge in [-0.2, -0.15) is 0 Å². The number of esters is 1. The zero-order chi connectivity index (χ0) is 21.3. The van der Waals surface area contributed by atoms with Crippen molar-refractivity contribution in [2.45, 2.75) is 13.0 Å². The molecular weight excluding hydrogens is 390 g/mol. The number of fused-ring (bicyclic) bond motifs is 2. The first-order valence-electron chi connectivity index (χ1n) is 9.15. The summed E-state index contributed by atoms with van der Waals surface area (Å²) in [6, 6.07) is 12.9. The van der Waals surface area contributed by atoms with Crippen molar-refractivity contribution in [2.75, 3.05) is 13.7 Å². The van der Waals surface area contributed by atoms with Crippen molar-refractivity contribution >= 4 is 28.8 Å². The van der Waals surface area contributed by atoms with Gasteiger partial charge in [0.2, 0.25) is 5.91 Å². The van der Waals surface area contributed by atoms with Gasteiger partial charge in [-0.15, -0.1) is 0 Å². The number of methoxy groups -OCH3 is 1. The minimum absolute atomic E-state index is 0.0431. The molecule has 0 radical (unpaired) electrons. The van der Waals surface area contributed by atoms with Crippen LogP contribution in [0.3, 0.4) is 0 Å². The van der Waals surface area contributed by atoms with E-state index in [2.05, 4.69) is 0 Å². The highest BCUT2D eigenvalue weighted by Gasteiger charge is 2.32. The molecule has 2 aromatic carbocycles. The molecule has 1 aliphatic rings. The summed E-state index contributed by atoms with van der Waals surface area (Å²) in [5.41, 5.74) is 1.17. The van der Waals surface area contributed by atoms with Crippen LogP contribution in [-0.4, -0.2) is 36.3 Å². The molecule has 2 heterocycles. The van der Waals surface area contributed by atoms with Crippen LogP contribution >= 0.6 is 0 Å². The van der Waals surface area contributed by atoms with E-state index in [1.165, 1.54) is 13.2 Å². The summed E-state index contributed by atoms with van der Waals surface area (Å²) in [5.74, 6) is -1.24. The number of carbonyl (C=O) groups is 3. The molecule has 4 rings (SSSR count). The molecule has 3 aromatic rings. The van der Waals surface area contributed by atoms with Crippen molar-refractivity contribution < 1.29 is 28.3 Å². The van der Waals surface area contributed by atoms with Crippen LogP contribution < -0.4 is 10.4 Å². The van der Waals surface area contributed by atoms with Crippen LogP contribution in [0, 0.1) is 0 Å². The molecule has 2 amide bonds. The second-order valence-electron chi connectivity index (χ2n) is 6.73. The van der Waals surface area contributed by atoms with Gasteiger partial charge >= 0.3 is 11.6 Å². The molecule has 0 unspecified atom stereocenters. The highest BCUT2D eigenvalue weighted by Crippen LogP contribution is 2.23. The standard InChI is InChI=1S/C22H17NO7/c1-28-15-6-7-16-14(9-20(25)30-18(16)10-15)12-29-21(26)11-23-19(24)8-13-4-2-3-5-17(13)22(23)27/h2-7,9-10H,8,11-12H2,1H3. The van der Waals surface area contributed by atoms with E-state index in [0.29, 0.717) is 33.4 Å². The van der Waals surface area contributed by atoms with Crippen LogP contribution in [0.1, 0.15) is 21.5 Å². The maximum atomic E-state index is 12.5. The quantitative estimate of drug-likeness (QED) is 0.362. The van der Waals surface area contributed by atoms with Crippen LogP contribution in [0.5, 0.6) is 5.75 Å². The lowest BCUT2D eigenvalue weighted by Crippen LogP contribution is -2.45. The first-order chi connectivity index (χ1) is 14.5. The molecule has 152 valence electrons. The monoisotopic (exact) mass is 407 g/mol. The lowest BCUT2D eigenvalue weighted by atomic mass is 9.98. The summed E-state index contributed by atoms with van der Waals surface area (Å²) in [5, 5.41) is 0.585. The van der Waals surface area contributed by atoms with E-state index in [0.717, 1.165) is 4.90 Å². The van der Waals surface area contributed by atoms with E-state index in [1.807, 2.05) is 0 Å². The second kappa shape index (κ2) is 7.82. The maximum Gasteiger partial charge on any atom is 0.336 e. The van der Waals surface area contributed by atoms with E-state index in [9.17, 15) is 19.2 Å². The van der Waals surface area contributed by atoms with Crippen molar-refractivity contribution in [3.05, 3.63) is 75.6 Å². The zero-order valence-corrected chi connectivity index (χ0v) is 16.0. The molecule has 0 bridgehead atoms. The molecule has 0 atom stereocenters. The minimum atomic E-state index is -0.758. The molecule has 1 aliphatic heterocycles. The van der Waals surface area contributed by atoms with Crippen molar-refractivity contribution in [3.8, 4) is 5.75 Å². The van der Waals surface area contributed by atoms with Crippen LogP contribution in [0.4, 0.5) is 0 Å². The predicted octanol–water partition coefficient (Wildman–Crippen LogP) is 2.07. The van der Waals surface area contributed by atoms with Crippen LogP contribution in [0.15, 0.2) is 57.7 Å². The second-order valence-corrected chi connectivity index (χ2v) is 6.73. The zero-order valence-electron chi connectivity index (χ0n) is 16.0. The fourth-order valence-corrected chi connectivity index (χ4v) is 3.35. The van der Waals surface area contributed by atoms with E-state index in [4.69, 9.17) is 13.9 Å². The fraction of sp³-hybridized carbons (Fsp3) is 0.182. The third kappa shape index (κ3) is 3.67. The summed E-state index contributed by atoms with van der Waals surface area (Å²) in [6.07, 6.45) is 0.0431. The van der Waals surface area contributed by atoms with Gasteiger partial charge in [-0.3, -0.25) is 19.3 Å². The van der Waals surface area contributed by atoms with Crippen molar-refractivity contribution in [3.63, 3.8) is 0 Å². The number of ether oxygens (including phenoxy) is 2. The lowest BCUT2D eigenvalue weighted by Gasteiger charge is -2.25. The van der Waals surface area contributed by atoms with Crippen LogP contribution in [0.2, 0.25) is 0 Å². The fourth-order valence-electron chi connectivity index (χ4n) is 3.35. The number of nitrogens with zero attached hydrogens (tertiary/aromatic N) is 1. The number of imide groups is 1. The summed E-state index contributed by atoms with van der Waals surface area (Å²) < 4.78 is 15.5. The van der Waals surface area contributed by atoms with Gasteiger partial charge in [0.05, 0.1) is 13.5 Å². The van der Waals surface area contributed by atoms with Gasteiger partial charge in [-0.1, -0.05) is 18.2 Å². The Hall–Kier alpha value is -3.94. The lowest BCUT2D eigenvalue weighted by molar-refractivity contribution is -0.149. The number of hydrogen-bond donors (Lipinski definition) is 0. The molecule has 0 N–H and O–H groups in total. The van der Waals surface area contributed by atoms with E-state index in [1.54, 1.807) is 42.5 Å². The Balaban J connectivity index is 1.49. The largest absolute Gasteiger partial charge is 0.497 e. The summed E-state index contributed by atoms with van der Waals surface area (Å²) in [7, 11) is 1.49. The molecule has 0 saturated carbocycles. The molecule has 8 nitrogen and oxygen atoms in total. The van der Waals surface area contributed by atoms with Gasteiger partial charge in [0, 0.05) is 28.6 Å². The van der Waals surface area contributed by atoms with Crippen molar-refractivity contribution in [2.24, 2.45) is 0 Å². The van der Waals surface area contributed by atoms with Gasteiger partial charge in [0.15, 0.2) is 0 Å². The van der Waals surface area contributed by atoms with E-state index >= 15 is 0 Å². The third-order valence-corrected chi connectivity index (χ3v) is 4.85. The topological polar surface area (TPSA) is 103 Å². The highest BCUT2D eigenvalue weighted by atomic mass is 16.5. The first-order valence-corrected chi connectivity index (χ1v) is 9.15. The molecule has 0 fully saturated rings. The van der Waals surface area contributed by atoms with Crippen LogP contribution in [-0.2, 0) is 27.4 Å². The molecule has 30 heavy (non-hydrogen) atoms. The maximum absolute atomic E-state index is 12.5. The minimum Gasteiger partial charge on any atom is -0.497 e. The molecule has 0 aliphatic carbocycles. The average molecular weight is 407 g/mol. The predicted molar refractivity (Wildman–Crippen MR) is 105 cm³/mol. The van der Waals surface area contributed by atoms with Gasteiger partial charge < -0.3 is 13.9 Å². The molecule has 8 heteroatoms. The molecule has 0 spiro atoms. The molecular formula is C22H17NO7. The number of benzene rings is 2. The van der Waals surface area contributed by atoms with Gasteiger partial charge in [-0.25, -0.2) is 4.79 Å².